The third-order valence-corrected chi connectivity index (χ3v) is 2.97. The van der Waals surface area contributed by atoms with Crippen LogP contribution in [-0.4, -0.2) is 13.7 Å². The Labute approximate surface area is 114 Å². The molecule has 0 aliphatic heterocycles. The predicted molar refractivity (Wildman–Crippen MR) is 77.0 cm³/mol. The number of methoxy groups -OCH3 is 1. The molecule has 0 saturated heterocycles. The Bertz CT molecular complexity index is 552. The van der Waals surface area contributed by atoms with Crippen molar-refractivity contribution in [2.24, 2.45) is 5.73 Å². The van der Waals surface area contributed by atoms with Gasteiger partial charge < -0.3 is 15.2 Å². The Kier molecular flexibility index (Phi) is 4.42. The summed E-state index contributed by atoms with van der Waals surface area (Å²) in [7, 11) is 1.64. The molecule has 0 bridgehead atoms. The van der Waals surface area contributed by atoms with Gasteiger partial charge in [0.15, 0.2) is 11.5 Å². The summed E-state index contributed by atoms with van der Waals surface area (Å²) in [6, 6.07) is 13.8. The molecule has 2 N–H and O–H groups in total. The molecule has 2 aromatic rings. The molecule has 2 rings (SSSR count). The Morgan fingerprint density at radius 1 is 1.00 bits per heavy atom. The summed E-state index contributed by atoms with van der Waals surface area (Å²) in [5.41, 5.74) is 7.85. The van der Waals surface area contributed by atoms with Crippen molar-refractivity contribution >= 4 is 0 Å². The van der Waals surface area contributed by atoms with Crippen molar-refractivity contribution in [1.82, 2.24) is 0 Å². The van der Waals surface area contributed by atoms with E-state index >= 15 is 0 Å². The minimum Gasteiger partial charge on any atom is -0.493 e. The first-order valence-electron chi connectivity index (χ1n) is 6.35. The van der Waals surface area contributed by atoms with Crippen molar-refractivity contribution in [3.63, 3.8) is 0 Å². The molecule has 0 spiro atoms. The van der Waals surface area contributed by atoms with E-state index in [4.69, 9.17) is 15.2 Å². The van der Waals surface area contributed by atoms with E-state index in [0.717, 1.165) is 29.2 Å². The van der Waals surface area contributed by atoms with E-state index < -0.39 is 0 Å². The zero-order valence-electron chi connectivity index (χ0n) is 11.3. The summed E-state index contributed by atoms with van der Waals surface area (Å²) in [6.07, 6.45) is 0.850. The smallest absolute Gasteiger partial charge is 0.169 e. The average Bonchev–Trinajstić information content (AvgIpc) is 2.43. The van der Waals surface area contributed by atoms with Crippen LogP contribution in [-0.2, 0) is 6.42 Å². The zero-order chi connectivity index (χ0) is 13.7. The van der Waals surface area contributed by atoms with Crippen LogP contribution in [0.5, 0.6) is 17.2 Å². The van der Waals surface area contributed by atoms with Crippen LogP contribution in [0.1, 0.15) is 11.1 Å². The number of hydrogen-bond acceptors (Lipinski definition) is 3. The summed E-state index contributed by atoms with van der Waals surface area (Å²) >= 11 is 0. The van der Waals surface area contributed by atoms with Gasteiger partial charge in [0, 0.05) is 0 Å². The SMILES string of the molecule is COc1ccccc1Oc1cc(CCN)ccc1C. The molecule has 0 amide bonds. The van der Waals surface area contributed by atoms with Crippen LogP contribution in [0.2, 0.25) is 0 Å². The lowest BCUT2D eigenvalue weighted by Crippen LogP contribution is -2.03. The molecule has 3 nitrogen and oxygen atoms in total. The second-order valence-corrected chi connectivity index (χ2v) is 4.39. The highest BCUT2D eigenvalue weighted by atomic mass is 16.5. The van der Waals surface area contributed by atoms with Crippen LogP contribution in [0.4, 0.5) is 0 Å². The molecule has 19 heavy (non-hydrogen) atoms. The molecule has 0 aromatic heterocycles. The Hall–Kier alpha value is -2.00. The van der Waals surface area contributed by atoms with Crippen molar-refractivity contribution in [2.75, 3.05) is 13.7 Å². The molecular formula is C16H19NO2. The van der Waals surface area contributed by atoms with Crippen molar-refractivity contribution in [3.8, 4) is 17.2 Å². The van der Waals surface area contributed by atoms with Gasteiger partial charge in [0.25, 0.3) is 0 Å². The van der Waals surface area contributed by atoms with E-state index in [1.54, 1.807) is 7.11 Å². The van der Waals surface area contributed by atoms with Gasteiger partial charge in [-0.05, 0) is 49.2 Å². The highest BCUT2D eigenvalue weighted by molar-refractivity contribution is 5.45. The molecule has 100 valence electrons. The second kappa shape index (κ2) is 6.25. The Morgan fingerprint density at radius 2 is 1.74 bits per heavy atom. The molecule has 2 aromatic carbocycles. The normalized spacial score (nSPS) is 10.3. The van der Waals surface area contributed by atoms with Gasteiger partial charge in [-0.25, -0.2) is 0 Å². The predicted octanol–water partition coefficient (Wildman–Crippen LogP) is 3.30. The lowest BCUT2D eigenvalue weighted by atomic mass is 10.1. The molecule has 0 atom stereocenters. The molecule has 0 saturated carbocycles. The maximum atomic E-state index is 5.95. The Balaban J connectivity index is 2.29. The highest BCUT2D eigenvalue weighted by Crippen LogP contribution is 2.32. The average molecular weight is 257 g/mol. The monoisotopic (exact) mass is 257 g/mol. The quantitative estimate of drug-likeness (QED) is 0.893. The lowest BCUT2D eigenvalue weighted by Gasteiger charge is -2.13. The molecule has 0 unspecified atom stereocenters. The fourth-order valence-electron chi connectivity index (χ4n) is 1.90. The van der Waals surface area contributed by atoms with Crippen molar-refractivity contribution < 1.29 is 9.47 Å². The topological polar surface area (TPSA) is 44.5 Å². The maximum absolute atomic E-state index is 5.95. The van der Waals surface area contributed by atoms with Crippen LogP contribution in [0.25, 0.3) is 0 Å². The van der Waals surface area contributed by atoms with Gasteiger partial charge in [0.2, 0.25) is 0 Å². The Morgan fingerprint density at radius 3 is 2.42 bits per heavy atom. The van der Waals surface area contributed by atoms with Gasteiger partial charge in [-0.15, -0.1) is 0 Å². The fraction of sp³-hybridized carbons (Fsp3) is 0.250. The van der Waals surface area contributed by atoms with Crippen molar-refractivity contribution in [2.45, 2.75) is 13.3 Å². The van der Waals surface area contributed by atoms with Gasteiger partial charge in [-0.3, -0.25) is 0 Å². The third-order valence-electron chi connectivity index (χ3n) is 2.97. The van der Waals surface area contributed by atoms with Crippen LogP contribution in [0.3, 0.4) is 0 Å². The van der Waals surface area contributed by atoms with E-state index in [2.05, 4.69) is 12.1 Å². The van der Waals surface area contributed by atoms with Gasteiger partial charge in [-0.1, -0.05) is 24.3 Å². The molecule has 0 heterocycles. The first-order valence-corrected chi connectivity index (χ1v) is 6.35. The molecule has 0 fully saturated rings. The van der Waals surface area contributed by atoms with Crippen molar-refractivity contribution in [1.29, 1.82) is 0 Å². The number of para-hydroxylation sites is 2. The van der Waals surface area contributed by atoms with Gasteiger partial charge in [0.05, 0.1) is 7.11 Å². The first kappa shape index (κ1) is 13.4. The lowest BCUT2D eigenvalue weighted by molar-refractivity contribution is 0.378. The standard InChI is InChI=1S/C16H19NO2/c1-12-7-8-13(9-10-17)11-16(12)19-15-6-4-3-5-14(15)18-2/h3-8,11H,9-10,17H2,1-2H3. The van der Waals surface area contributed by atoms with E-state index in [1.807, 2.05) is 37.3 Å². The molecule has 3 heteroatoms. The number of hydrogen-bond donors (Lipinski definition) is 1. The van der Waals surface area contributed by atoms with Crippen LogP contribution in [0, 0.1) is 6.92 Å². The molecule has 0 aliphatic rings. The third kappa shape index (κ3) is 3.26. The van der Waals surface area contributed by atoms with Crippen LogP contribution >= 0.6 is 0 Å². The highest BCUT2D eigenvalue weighted by Gasteiger charge is 2.07. The number of ether oxygens (including phenoxy) is 2. The van der Waals surface area contributed by atoms with Crippen LogP contribution < -0.4 is 15.2 Å². The number of aryl methyl sites for hydroxylation is 1. The maximum Gasteiger partial charge on any atom is 0.169 e. The van der Waals surface area contributed by atoms with E-state index in [9.17, 15) is 0 Å². The second-order valence-electron chi connectivity index (χ2n) is 4.39. The molecular weight excluding hydrogens is 238 g/mol. The van der Waals surface area contributed by atoms with E-state index in [0.29, 0.717) is 6.54 Å². The number of nitrogens with two attached hydrogens (primary N) is 1. The fourth-order valence-corrected chi connectivity index (χ4v) is 1.90. The summed E-state index contributed by atoms with van der Waals surface area (Å²) in [4.78, 5) is 0. The summed E-state index contributed by atoms with van der Waals surface area (Å²) in [5.74, 6) is 2.29. The zero-order valence-corrected chi connectivity index (χ0v) is 11.3. The minimum absolute atomic E-state index is 0.636. The van der Waals surface area contributed by atoms with Crippen molar-refractivity contribution in [3.05, 3.63) is 53.6 Å². The summed E-state index contributed by atoms with van der Waals surface area (Å²) in [5, 5.41) is 0. The van der Waals surface area contributed by atoms with E-state index in [1.165, 1.54) is 5.56 Å². The number of rotatable bonds is 5. The largest absolute Gasteiger partial charge is 0.493 e. The van der Waals surface area contributed by atoms with Crippen LogP contribution in [0.15, 0.2) is 42.5 Å². The van der Waals surface area contributed by atoms with Gasteiger partial charge >= 0.3 is 0 Å². The van der Waals surface area contributed by atoms with E-state index in [-0.39, 0.29) is 0 Å². The summed E-state index contributed by atoms with van der Waals surface area (Å²) < 4.78 is 11.2. The first-order chi connectivity index (χ1) is 9.24. The van der Waals surface area contributed by atoms with Gasteiger partial charge in [0.1, 0.15) is 5.75 Å². The molecule has 0 aliphatic carbocycles. The van der Waals surface area contributed by atoms with Gasteiger partial charge in [-0.2, -0.15) is 0 Å². The molecule has 0 radical (unpaired) electrons. The summed E-state index contributed by atoms with van der Waals surface area (Å²) in [6.45, 7) is 2.66. The number of benzene rings is 2. The minimum atomic E-state index is 0.636.